The van der Waals surface area contributed by atoms with Gasteiger partial charge in [0.05, 0.1) is 0 Å². The zero-order valence-electron chi connectivity index (χ0n) is 12.6. The maximum atomic E-state index is 12.4. The number of amides is 1. The first-order valence-corrected chi connectivity index (χ1v) is 8.76. The number of carbonyl (C=O) groups is 1. The van der Waals surface area contributed by atoms with E-state index in [0.29, 0.717) is 6.04 Å². The quantitative estimate of drug-likeness (QED) is 0.890. The Morgan fingerprint density at radius 2 is 1.95 bits per heavy atom. The highest BCUT2D eigenvalue weighted by atomic mass is 79.9. The van der Waals surface area contributed by atoms with Crippen molar-refractivity contribution < 1.29 is 9.53 Å². The molecule has 3 rings (SSSR count). The predicted octanol–water partition coefficient (Wildman–Crippen LogP) is 2.36. The number of ether oxygens (including phenoxy) is 1. The average Bonchev–Trinajstić information content (AvgIpc) is 2.57. The fraction of sp³-hybridized carbons (Fsp3) is 0.625. The van der Waals surface area contributed by atoms with Crippen molar-refractivity contribution in [3.63, 3.8) is 0 Å². The van der Waals surface area contributed by atoms with Crippen LogP contribution in [0.25, 0.3) is 0 Å². The van der Waals surface area contributed by atoms with Crippen LogP contribution in [-0.2, 0) is 9.53 Å². The minimum absolute atomic E-state index is 0.134. The van der Waals surface area contributed by atoms with Crippen LogP contribution in [0, 0.1) is 5.92 Å². The van der Waals surface area contributed by atoms with Crippen LogP contribution in [0.1, 0.15) is 25.7 Å². The topological polar surface area (TPSA) is 54.5 Å². The zero-order valence-corrected chi connectivity index (χ0v) is 14.2. The number of nitrogens with zero attached hydrogens (tertiary/aromatic N) is 2. The largest absolute Gasteiger partial charge is 0.381 e. The monoisotopic (exact) mass is 367 g/mol. The summed E-state index contributed by atoms with van der Waals surface area (Å²) in [5, 5.41) is 3.19. The molecule has 6 heteroatoms. The Kier molecular flexibility index (Phi) is 5.31. The summed E-state index contributed by atoms with van der Waals surface area (Å²) in [6, 6.07) is 4.33. The van der Waals surface area contributed by atoms with E-state index in [1.54, 1.807) is 0 Å². The predicted molar refractivity (Wildman–Crippen MR) is 88.9 cm³/mol. The molecule has 22 heavy (non-hydrogen) atoms. The maximum Gasteiger partial charge on any atom is 0.223 e. The van der Waals surface area contributed by atoms with E-state index in [9.17, 15) is 4.79 Å². The Labute approximate surface area is 139 Å². The molecule has 0 saturated carbocycles. The Morgan fingerprint density at radius 3 is 2.59 bits per heavy atom. The second-order valence-electron chi connectivity index (χ2n) is 5.99. The van der Waals surface area contributed by atoms with Crippen LogP contribution in [0.5, 0.6) is 0 Å². The van der Waals surface area contributed by atoms with Gasteiger partial charge in [0.1, 0.15) is 5.82 Å². The van der Waals surface area contributed by atoms with Crippen molar-refractivity contribution >= 4 is 27.7 Å². The van der Waals surface area contributed by atoms with Gasteiger partial charge in [0.15, 0.2) is 0 Å². The van der Waals surface area contributed by atoms with E-state index in [4.69, 9.17) is 4.74 Å². The number of aromatic nitrogens is 1. The minimum atomic E-state index is 0.134. The molecule has 0 bridgehead atoms. The first-order valence-electron chi connectivity index (χ1n) is 7.97. The van der Waals surface area contributed by atoms with Gasteiger partial charge in [0, 0.05) is 48.9 Å². The van der Waals surface area contributed by atoms with E-state index >= 15 is 0 Å². The van der Waals surface area contributed by atoms with Crippen molar-refractivity contribution in [3.8, 4) is 0 Å². The van der Waals surface area contributed by atoms with Crippen LogP contribution in [0.4, 0.5) is 5.82 Å². The number of hydrogen-bond acceptors (Lipinski definition) is 4. The van der Waals surface area contributed by atoms with Gasteiger partial charge in [-0.3, -0.25) is 4.79 Å². The number of hydrogen-bond donors (Lipinski definition) is 1. The first kappa shape index (κ1) is 15.7. The summed E-state index contributed by atoms with van der Waals surface area (Å²) in [5.74, 6) is 1.34. The third kappa shape index (κ3) is 3.98. The highest BCUT2D eigenvalue weighted by Gasteiger charge is 2.27. The lowest BCUT2D eigenvalue weighted by atomic mass is 9.95. The minimum Gasteiger partial charge on any atom is -0.381 e. The van der Waals surface area contributed by atoms with Crippen LogP contribution in [-0.4, -0.2) is 43.2 Å². The van der Waals surface area contributed by atoms with Gasteiger partial charge in [-0.2, -0.15) is 0 Å². The van der Waals surface area contributed by atoms with Crippen molar-refractivity contribution in [2.75, 3.05) is 31.2 Å². The highest BCUT2D eigenvalue weighted by Crippen LogP contribution is 2.23. The normalized spacial score (nSPS) is 20.9. The maximum absolute atomic E-state index is 12.4. The fourth-order valence-electron chi connectivity index (χ4n) is 3.09. The molecule has 3 heterocycles. The molecule has 1 amide bonds. The standard InChI is InChI=1S/C16H22BrN3O2/c17-13-1-2-15(18-11-13)20-7-3-12(4-8-20)16(21)19-14-5-9-22-10-6-14/h1-2,11-12,14H,3-10H2,(H,19,21). The molecule has 5 nitrogen and oxygen atoms in total. The number of carbonyl (C=O) groups excluding carboxylic acids is 1. The van der Waals surface area contributed by atoms with Crippen molar-refractivity contribution in [3.05, 3.63) is 22.8 Å². The van der Waals surface area contributed by atoms with E-state index in [-0.39, 0.29) is 11.8 Å². The molecule has 2 saturated heterocycles. The van der Waals surface area contributed by atoms with E-state index in [1.165, 1.54) is 0 Å². The van der Waals surface area contributed by atoms with Crippen LogP contribution in [0.15, 0.2) is 22.8 Å². The summed E-state index contributed by atoms with van der Waals surface area (Å²) < 4.78 is 6.32. The van der Waals surface area contributed by atoms with Crippen molar-refractivity contribution in [1.29, 1.82) is 0 Å². The molecule has 0 atom stereocenters. The Balaban J connectivity index is 1.48. The van der Waals surface area contributed by atoms with Gasteiger partial charge < -0.3 is 15.0 Å². The second-order valence-corrected chi connectivity index (χ2v) is 6.91. The van der Waals surface area contributed by atoms with E-state index in [1.807, 2.05) is 18.3 Å². The molecule has 0 unspecified atom stereocenters. The molecule has 2 aliphatic rings. The smallest absolute Gasteiger partial charge is 0.223 e. The van der Waals surface area contributed by atoms with Gasteiger partial charge in [0.25, 0.3) is 0 Å². The highest BCUT2D eigenvalue weighted by molar-refractivity contribution is 9.10. The molecule has 2 fully saturated rings. The molecule has 1 N–H and O–H groups in total. The molecule has 120 valence electrons. The van der Waals surface area contributed by atoms with Gasteiger partial charge >= 0.3 is 0 Å². The number of anilines is 1. The number of nitrogens with one attached hydrogen (secondary N) is 1. The van der Waals surface area contributed by atoms with Gasteiger partial charge in [-0.1, -0.05) is 0 Å². The number of halogens is 1. The van der Waals surface area contributed by atoms with E-state index in [0.717, 1.165) is 62.3 Å². The van der Waals surface area contributed by atoms with E-state index < -0.39 is 0 Å². The van der Waals surface area contributed by atoms with Crippen LogP contribution < -0.4 is 10.2 Å². The lowest BCUT2D eigenvalue weighted by Crippen LogP contribution is -2.45. The van der Waals surface area contributed by atoms with Gasteiger partial charge in [-0.25, -0.2) is 4.98 Å². The first-order chi connectivity index (χ1) is 10.7. The average molecular weight is 368 g/mol. The van der Waals surface area contributed by atoms with E-state index in [2.05, 4.69) is 31.1 Å². The van der Waals surface area contributed by atoms with Crippen molar-refractivity contribution in [2.24, 2.45) is 5.92 Å². The zero-order chi connectivity index (χ0) is 15.4. The molecule has 0 radical (unpaired) electrons. The summed E-state index contributed by atoms with van der Waals surface area (Å²) >= 11 is 3.40. The summed E-state index contributed by atoms with van der Waals surface area (Å²) in [6.07, 6.45) is 5.49. The summed E-state index contributed by atoms with van der Waals surface area (Å²) in [4.78, 5) is 19.0. The summed E-state index contributed by atoms with van der Waals surface area (Å²) in [5.41, 5.74) is 0. The van der Waals surface area contributed by atoms with Crippen LogP contribution in [0.3, 0.4) is 0 Å². The Morgan fingerprint density at radius 1 is 1.23 bits per heavy atom. The van der Waals surface area contributed by atoms with Gasteiger partial charge in [-0.05, 0) is 53.7 Å². The molecule has 1 aromatic heterocycles. The van der Waals surface area contributed by atoms with Crippen LogP contribution in [0.2, 0.25) is 0 Å². The Bertz CT molecular complexity index is 495. The Hall–Kier alpha value is -1.14. The van der Waals surface area contributed by atoms with Crippen molar-refractivity contribution in [1.82, 2.24) is 10.3 Å². The molecule has 0 spiro atoms. The molecule has 2 aliphatic heterocycles. The number of rotatable bonds is 3. The summed E-state index contributed by atoms with van der Waals surface area (Å²) in [6.45, 7) is 3.30. The molecule has 1 aromatic rings. The second kappa shape index (κ2) is 7.42. The lowest BCUT2D eigenvalue weighted by Gasteiger charge is -2.33. The lowest BCUT2D eigenvalue weighted by molar-refractivity contribution is -0.126. The van der Waals surface area contributed by atoms with Crippen LogP contribution >= 0.6 is 15.9 Å². The fourth-order valence-corrected chi connectivity index (χ4v) is 3.32. The van der Waals surface area contributed by atoms with Gasteiger partial charge in [-0.15, -0.1) is 0 Å². The number of pyridine rings is 1. The third-order valence-electron chi connectivity index (χ3n) is 4.47. The SMILES string of the molecule is O=C(NC1CCOCC1)C1CCN(c2ccc(Br)cn2)CC1. The third-order valence-corrected chi connectivity index (χ3v) is 4.94. The number of piperidine rings is 1. The molecule has 0 aliphatic carbocycles. The van der Waals surface area contributed by atoms with Gasteiger partial charge in [0.2, 0.25) is 5.91 Å². The molecular weight excluding hydrogens is 346 g/mol. The van der Waals surface area contributed by atoms with Crippen molar-refractivity contribution in [2.45, 2.75) is 31.7 Å². The molecule has 0 aromatic carbocycles. The summed E-state index contributed by atoms with van der Waals surface area (Å²) in [7, 11) is 0. The molecular formula is C16H22BrN3O2.